The van der Waals surface area contributed by atoms with Crippen LogP contribution >= 0.6 is 0 Å². The van der Waals surface area contributed by atoms with Crippen LogP contribution in [0.25, 0.3) is 0 Å². The average molecular weight is 220 g/mol. The van der Waals surface area contributed by atoms with Crippen molar-refractivity contribution < 1.29 is 4.39 Å². The first-order valence-corrected chi connectivity index (χ1v) is 5.48. The lowest BCUT2D eigenvalue weighted by atomic mass is 9.98. The SMILES string of the molecule is CC(C)C(C)CNc1ccc(C#N)c(F)c1. The van der Waals surface area contributed by atoms with Gasteiger partial charge in [-0.1, -0.05) is 20.8 Å². The summed E-state index contributed by atoms with van der Waals surface area (Å²) in [6, 6.07) is 6.40. The molecular weight excluding hydrogens is 203 g/mol. The summed E-state index contributed by atoms with van der Waals surface area (Å²) in [5.74, 6) is 0.652. The number of nitrogens with zero attached hydrogens (tertiary/aromatic N) is 1. The highest BCUT2D eigenvalue weighted by molar-refractivity contribution is 5.48. The predicted molar refractivity (Wildman–Crippen MR) is 63.6 cm³/mol. The fourth-order valence-corrected chi connectivity index (χ4v) is 1.23. The van der Waals surface area contributed by atoms with Crippen LogP contribution in [0.15, 0.2) is 18.2 Å². The molecule has 0 bridgehead atoms. The molecule has 1 atom stereocenters. The molecule has 86 valence electrons. The number of hydrogen-bond donors (Lipinski definition) is 1. The smallest absolute Gasteiger partial charge is 0.143 e. The Morgan fingerprint density at radius 1 is 1.38 bits per heavy atom. The van der Waals surface area contributed by atoms with Gasteiger partial charge in [0.2, 0.25) is 0 Å². The van der Waals surface area contributed by atoms with Gasteiger partial charge in [0.1, 0.15) is 11.9 Å². The van der Waals surface area contributed by atoms with Crippen LogP contribution in [0, 0.1) is 29.0 Å². The molecule has 0 amide bonds. The number of hydrogen-bond acceptors (Lipinski definition) is 2. The Kier molecular flexibility index (Phi) is 4.30. The molecule has 0 fully saturated rings. The van der Waals surface area contributed by atoms with E-state index in [9.17, 15) is 4.39 Å². The number of rotatable bonds is 4. The molecule has 1 N–H and O–H groups in total. The summed E-state index contributed by atoms with van der Waals surface area (Å²) in [5.41, 5.74) is 0.812. The zero-order chi connectivity index (χ0) is 12.1. The monoisotopic (exact) mass is 220 g/mol. The van der Waals surface area contributed by atoms with Crippen molar-refractivity contribution in [2.75, 3.05) is 11.9 Å². The molecule has 1 unspecified atom stereocenters. The van der Waals surface area contributed by atoms with E-state index in [-0.39, 0.29) is 5.56 Å². The fourth-order valence-electron chi connectivity index (χ4n) is 1.23. The molecule has 0 aromatic heterocycles. The van der Waals surface area contributed by atoms with Gasteiger partial charge >= 0.3 is 0 Å². The van der Waals surface area contributed by atoms with Crippen LogP contribution < -0.4 is 5.32 Å². The predicted octanol–water partition coefficient (Wildman–Crippen LogP) is 3.40. The number of anilines is 1. The van der Waals surface area contributed by atoms with Gasteiger partial charge in [-0.15, -0.1) is 0 Å². The molecule has 0 heterocycles. The molecule has 1 rings (SSSR count). The second-order valence-corrected chi connectivity index (χ2v) is 4.41. The van der Waals surface area contributed by atoms with Crippen LogP contribution in [-0.2, 0) is 0 Å². The molecule has 0 saturated carbocycles. The average Bonchev–Trinajstić information content (AvgIpc) is 2.25. The van der Waals surface area contributed by atoms with Crippen LogP contribution in [0.2, 0.25) is 0 Å². The van der Waals surface area contributed by atoms with E-state index in [1.807, 2.05) is 0 Å². The normalized spacial score (nSPS) is 12.2. The number of nitrogens with one attached hydrogen (secondary N) is 1. The molecule has 16 heavy (non-hydrogen) atoms. The van der Waals surface area contributed by atoms with E-state index in [1.165, 1.54) is 12.1 Å². The first-order chi connectivity index (χ1) is 7.54. The zero-order valence-corrected chi connectivity index (χ0v) is 9.92. The van der Waals surface area contributed by atoms with Gasteiger partial charge in [-0.05, 0) is 30.0 Å². The quantitative estimate of drug-likeness (QED) is 0.844. The third-order valence-electron chi connectivity index (χ3n) is 2.86. The van der Waals surface area contributed by atoms with Crippen LogP contribution in [0.5, 0.6) is 0 Å². The van der Waals surface area contributed by atoms with E-state index in [1.54, 1.807) is 12.1 Å². The van der Waals surface area contributed by atoms with Gasteiger partial charge in [-0.3, -0.25) is 0 Å². The highest BCUT2D eigenvalue weighted by atomic mass is 19.1. The van der Waals surface area contributed by atoms with E-state index in [0.717, 1.165) is 12.2 Å². The summed E-state index contributed by atoms with van der Waals surface area (Å²) in [5, 5.41) is 11.8. The molecule has 0 aliphatic carbocycles. The summed E-state index contributed by atoms with van der Waals surface area (Å²) >= 11 is 0. The van der Waals surface area contributed by atoms with Crippen LogP contribution in [0.3, 0.4) is 0 Å². The lowest BCUT2D eigenvalue weighted by Gasteiger charge is -2.16. The van der Waals surface area contributed by atoms with Crippen LogP contribution in [0.4, 0.5) is 10.1 Å². The highest BCUT2D eigenvalue weighted by Gasteiger charge is 2.07. The summed E-state index contributed by atoms with van der Waals surface area (Å²) in [4.78, 5) is 0. The van der Waals surface area contributed by atoms with E-state index in [4.69, 9.17) is 5.26 Å². The Bertz CT molecular complexity index is 393. The lowest BCUT2D eigenvalue weighted by Crippen LogP contribution is -2.16. The summed E-state index contributed by atoms with van der Waals surface area (Å²) in [6.45, 7) is 7.28. The standard InChI is InChI=1S/C13H17FN2/c1-9(2)10(3)8-16-12-5-4-11(7-15)13(14)6-12/h4-6,9-10,16H,8H2,1-3H3. The molecule has 2 nitrogen and oxygen atoms in total. The molecular formula is C13H17FN2. The fraction of sp³-hybridized carbons (Fsp3) is 0.462. The van der Waals surface area contributed by atoms with E-state index >= 15 is 0 Å². The molecule has 0 aliphatic heterocycles. The van der Waals surface area contributed by atoms with Crippen LogP contribution in [0.1, 0.15) is 26.3 Å². The molecule has 0 saturated heterocycles. The van der Waals surface area contributed by atoms with Crippen LogP contribution in [-0.4, -0.2) is 6.54 Å². The Hall–Kier alpha value is -1.56. The summed E-state index contributed by atoms with van der Waals surface area (Å²) in [7, 11) is 0. The summed E-state index contributed by atoms with van der Waals surface area (Å²) in [6.07, 6.45) is 0. The number of benzene rings is 1. The molecule has 0 radical (unpaired) electrons. The molecule has 1 aromatic carbocycles. The van der Waals surface area contributed by atoms with Gasteiger partial charge in [-0.25, -0.2) is 4.39 Å². The van der Waals surface area contributed by atoms with E-state index < -0.39 is 5.82 Å². The minimum atomic E-state index is -0.468. The van der Waals surface area contributed by atoms with Crippen molar-refractivity contribution in [1.82, 2.24) is 0 Å². The first-order valence-electron chi connectivity index (χ1n) is 5.48. The van der Waals surface area contributed by atoms with Crippen molar-refractivity contribution in [3.63, 3.8) is 0 Å². The Balaban J connectivity index is 2.63. The second kappa shape index (κ2) is 5.50. The third kappa shape index (κ3) is 3.23. The topological polar surface area (TPSA) is 35.8 Å². The van der Waals surface area contributed by atoms with Crippen molar-refractivity contribution in [2.24, 2.45) is 11.8 Å². The Morgan fingerprint density at radius 3 is 2.56 bits per heavy atom. The minimum absolute atomic E-state index is 0.0856. The van der Waals surface area contributed by atoms with Gasteiger partial charge in [0.05, 0.1) is 5.56 Å². The first kappa shape index (κ1) is 12.5. The van der Waals surface area contributed by atoms with Crippen molar-refractivity contribution in [3.8, 4) is 6.07 Å². The molecule has 1 aromatic rings. The Morgan fingerprint density at radius 2 is 2.06 bits per heavy atom. The maximum atomic E-state index is 13.3. The van der Waals surface area contributed by atoms with E-state index in [0.29, 0.717) is 11.8 Å². The van der Waals surface area contributed by atoms with Gasteiger partial charge in [0.15, 0.2) is 0 Å². The lowest BCUT2D eigenvalue weighted by molar-refractivity contribution is 0.439. The third-order valence-corrected chi connectivity index (χ3v) is 2.86. The molecule has 3 heteroatoms. The van der Waals surface area contributed by atoms with Crippen molar-refractivity contribution in [1.29, 1.82) is 5.26 Å². The summed E-state index contributed by atoms with van der Waals surface area (Å²) < 4.78 is 13.3. The van der Waals surface area contributed by atoms with Gasteiger partial charge in [0.25, 0.3) is 0 Å². The Labute approximate surface area is 96.1 Å². The van der Waals surface area contributed by atoms with Gasteiger partial charge in [0, 0.05) is 12.2 Å². The molecule has 0 spiro atoms. The maximum absolute atomic E-state index is 13.3. The minimum Gasteiger partial charge on any atom is -0.385 e. The second-order valence-electron chi connectivity index (χ2n) is 4.41. The van der Waals surface area contributed by atoms with Gasteiger partial charge < -0.3 is 5.32 Å². The van der Waals surface area contributed by atoms with Crippen molar-refractivity contribution in [2.45, 2.75) is 20.8 Å². The van der Waals surface area contributed by atoms with Crippen molar-refractivity contribution >= 4 is 5.69 Å². The largest absolute Gasteiger partial charge is 0.385 e. The van der Waals surface area contributed by atoms with Crippen molar-refractivity contribution in [3.05, 3.63) is 29.6 Å². The van der Waals surface area contributed by atoms with E-state index in [2.05, 4.69) is 26.1 Å². The van der Waals surface area contributed by atoms with Gasteiger partial charge in [-0.2, -0.15) is 5.26 Å². The number of nitriles is 1. The zero-order valence-electron chi connectivity index (χ0n) is 9.92. The molecule has 0 aliphatic rings. The number of halogens is 1. The maximum Gasteiger partial charge on any atom is 0.143 e. The highest BCUT2D eigenvalue weighted by Crippen LogP contribution is 2.16.